The van der Waals surface area contributed by atoms with E-state index in [1.165, 1.54) is 21.3 Å². The van der Waals surface area contributed by atoms with Crippen LogP contribution < -0.4 is 15.4 Å². The van der Waals surface area contributed by atoms with Crippen molar-refractivity contribution in [2.24, 2.45) is 11.8 Å². The van der Waals surface area contributed by atoms with Gasteiger partial charge in [-0.15, -0.1) is 0 Å². The first-order chi connectivity index (χ1) is 28.9. The highest BCUT2D eigenvalue weighted by Gasteiger charge is 2.42. The van der Waals surface area contributed by atoms with Gasteiger partial charge in [0.2, 0.25) is 11.8 Å². The third kappa shape index (κ3) is 7.48. The first-order valence-electron chi connectivity index (χ1n) is 20.5. The number of amides is 4. The Labute approximate surface area is 347 Å². The number of ether oxygens (including phenoxy) is 4. The van der Waals surface area contributed by atoms with E-state index in [0.29, 0.717) is 44.2 Å². The number of aromatic nitrogens is 4. The molecule has 3 aliphatic heterocycles. The molecule has 60 heavy (non-hydrogen) atoms. The van der Waals surface area contributed by atoms with Crippen molar-refractivity contribution >= 4 is 45.8 Å². The Morgan fingerprint density at radius 1 is 0.867 bits per heavy atom. The molecule has 5 heterocycles. The highest BCUT2D eigenvalue weighted by atomic mass is 16.5. The highest BCUT2D eigenvalue weighted by molar-refractivity contribution is 6.07. The molecule has 7 atom stereocenters. The Morgan fingerprint density at radius 2 is 1.57 bits per heavy atom. The van der Waals surface area contributed by atoms with Gasteiger partial charge in [0.1, 0.15) is 36.1 Å². The Morgan fingerprint density at radius 3 is 2.27 bits per heavy atom. The minimum absolute atomic E-state index is 0.152. The van der Waals surface area contributed by atoms with Gasteiger partial charge < -0.3 is 49.3 Å². The van der Waals surface area contributed by atoms with Crippen LogP contribution in [0.3, 0.4) is 0 Å². The zero-order chi connectivity index (χ0) is 42.4. The van der Waals surface area contributed by atoms with Crippen LogP contribution in [0.15, 0.2) is 48.7 Å². The van der Waals surface area contributed by atoms with Crippen LogP contribution in [0.5, 0.6) is 5.75 Å². The van der Waals surface area contributed by atoms with Crippen LogP contribution in [0.25, 0.3) is 44.2 Å². The van der Waals surface area contributed by atoms with Crippen molar-refractivity contribution in [1.82, 2.24) is 40.4 Å². The maximum absolute atomic E-state index is 14.0. The molecule has 0 saturated carbocycles. The number of hydrogen-bond acceptors (Lipinski definition) is 10. The van der Waals surface area contributed by atoms with E-state index in [-0.39, 0.29) is 35.7 Å². The number of methoxy groups -OCH3 is 3. The molecule has 316 valence electrons. The molecule has 4 N–H and O–H groups in total. The normalized spacial score (nSPS) is 21.2. The fourth-order valence-electron chi connectivity index (χ4n) is 9.00. The van der Waals surface area contributed by atoms with Gasteiger partial charge >= 0.3 is 12.2 Å². The smallest absolute Gasteiger partial charge is 0.407 e. The van der Waals surface area contributed by atoms with Crippen LogP contribution in [0.2, 0.25) is 0 Å². The number of fused-ring (bicyclic) bond motifs is 6. The summed E-state index contributed by atoms with van der Waals surface area (Å²) in [6.45, 7) is 9.27. The summed E-state index contributed by atoms with van der Waals surface area (Å²) in [6, 6.07) is 12.4. The first kappa shape index (κ1) is 40.6. The summed E-state index contributed by atoms with van der Waals surface area (Å²) >= 11 is 0. The van der Waals surface area contributed by atoms with Crippen molar-refractivity contribution in [1.29, 1.82) is 0 Å². The number of likely N-dealkylation sites (tertiary alicyclic amines) is 2. The molecule has 4 amide bonds. The van der Waals surface area contributed by atoms with Gasteiger partial charge in [-0.2, -0.15) is 0 Å². The number of alkyl carbamates (subject to hydrolysis) is 2. The maximum atomic E-state index is 14.0. The zero-order valence-corrected chi connectivity index (χ0v) is 35.0. The molecular weight excluding hydrogens is 769 g/mol. The number of carbonyl (C=O) groups is 4. The van der Waals surface area contributed by atoms with Crippen LogP contribution in [0, 0.1) is 11.8 Å². The fraction of sp³-hybridized carbons (Fsp3) is 0.455. The van der Waals surface area contributed by atoms with E-state index in [1.54, 1.807) is 18.0 Å². The predicted molar refractivity (Wildman–Crippen MR) is 223 cm³/mol. The second-order valence-electron chi connectivity index (χ2n) is 16.3. The Hall–Kier alpha value is -6.16. The summed E-state index contributed by atoms with van der Waals surface area (Å²) in [5.41, 5.74) is 6.51. The average molecular weight is 821 g/mol. The number of nitrogens with one attached hydrogen (secondary N) is 4. The van der Waals surface area contributed by atoms with Crippen LogP contribution in [-0.4, -0.2) is 106 Å². The number of hydrogen-bond donors (Lipinski definition) is 4. The standard InChI is InChI=1S/C44H52N8O8/c1-8-31(48-43(55)58-6)41(53)51-19-22(2)13-34(51)39-45-18-33(47-39)26-9-11-28-27(15-26)21-60-36-17-29-25(16-30(28)36)10-12-32-38(29)49-40(46-32)35-14-23(3)20-52(35)42(54)37(24(4)57-5)50-44(56)59-7/h9-12,15-18,22-24,31,34-35,37H,8,13-14,19-21H2,1-7H3,(H,45,47)(H,46,49)(H,48,55)(H,50,56)/t22-,23-,24+,31?,34-,35?,37-/m0/s1. The Kier molecular flexibility index (Phi) is 11.2. The summed E-state index contributed by atoms with van der Waals surface area (Å²) in [6.07, 6.45) is 1.80. The SMILES string of the molecule is CCC(NC(=O)OC)C(=O)N1C[C@@H](C)C[C@H]1c1ncc(-c2ccc3c(c2)COc2cc4c(ccc5[nH]c(C6C[C@H](C)CN6C(=O)[C@@H](NC(=O)OC)[C@@H](C)OC)nc54)cc2-3)[nH]1. The van der Waals surface area contributed by atoms with Gasteiger partial charge in [-0.1, -0.05) is 39.0 Å². The summed E-state index contributed by atoms with van der Waals surface area (Å²) < 4.78 is 21.4. The fourth-order valence-corrected chi connectivity index (χ4v) is 9.00. The molecule has 16 heteroatoms. The lowest BCUT2D eigenvalue weighted by Crippen LogP contribution is -2.54. The number of H-pyrrole nitrogens is 2. The lowest BCUT2D eigenvalue weighted by atomic mass is 9.92. The second-order valence-corrected chi connectivity index (χ2v) is 16.3. The largest absolute Gasteiger partial charge is 0.488 e. The lowest BCUT2D eigenvalue weighted by Gasteiger charge is -2.30. The van der Waals surface area contributed by atoms with Crippen LogP contribution in [0.4, 0.5) is 9.59 Å². The molecule has 8 rings (SSSR count). The monoisotopic (exact) mass is 820 g/mol. The van der Waals surface area contributed by atoms with Gasteiger partial charge in [0.05, 0.1) is 55.3 Å². The van der Waals surface area contributed by atoms with E-state index in [9.17, 15) is 19.2 Å². The molecule has 3 aliphatic rings. The molecular formula is C44H52N8O8. The van der Waals surface area contributed by atoms with Crippen molar-refractivity contribution in [3.63, 3.8) is 0 Å². The van der Waals surface area contributed by atoms with Gasteiger partial charge in [-0.3, -0.25) is 9.59 Å². The van der Waals surface area contributed by atoms with Crippen molar-refractivity contribution in [3.8, 4) is 28.1 Å². The minimum Gasteiger partial charge on any atom is -0.488 e. The van der Waals surface area contributed by atoms with Crippen molar-refractivity contribution in [3.05, 3.63) is 65.9 Å². The minimum atomic E-state index is -0.929. The Balaban J connectivity index is 1.04. The van der Waals surface area contributed by atoms with Crippen LogP contribution >= 0.6 is 0 Å². The van der Waals surface area contributed by atoms with Crippen LogP contribution in [0.1, 0.15) is 76.3 Å². The average Bonchev–Trinajstić information content (AvgIpc) is 4.08. The van der Waals surface area contributed by atoms with Gasteiger partial charge in [-0.25, -0.2) is 19.6 Å². The van der Waals surface area contributed by atoms with Gasteiger partial charge in [-0.05, 0) is 84.4 Å². The summed E-state index contributed by atoms with van der Waals surface area (Å²) in [5, 5.41) is 7.25. The van der Waals surface area contributed by atoms with E-state index < -0.39 is 30.4 Å². The lowest BCUT2D eigenvalue weighted by molar-refractivity contribution is -0.137. The van der Waals surface area contributed by atoms with E-state index >= 15 is 0 Å². The molecule has 0 bridgehead atoms. The molecule has 0 radical (unpaired) electrons. The number of nitrogens with zero attached hydrogens (tertiary/aromatic N) is 4. The third-order valence-electron chi connectivity index (χ3n) is 12.2. The zero-order valence-electron chi connectivity index (χ0n) is 35.0. The van der Waals surface area contributed by atoms with Gasteiger partial charge in [0, 0.05) is 31.1 Å². The van der Waals surface area contributed by atoms with E-state index in [1.807, 2.05) is 24.0 Å². The molecule has 2 aromatic heterocycles. The second kappa shape index (κ2) is 16.5. The molecule has 0 spiro atoms. The quantitative estimate of drug-likeness (QED) is 0.123. The topological polar surface area (TPSA) is 193 Å². The molecule has 0 aliphatic carbocycles. The molecule has 16 nitrogen and oxygen atoms in total. The van der Waals surface area contributed by atoms with Gasteiger partial charge in [0.15, 0.2) is 0 Å². The number of carbonyl (C=O) groups excluding carboxylic acids is 4. The van der Waals surface area contributed by atoms with Crippen molar-refractivity contribution in [2.45, 2.75) is 83.8 Å². The van der Waals surface area contributed by atoms with Crippen molar-refractivity contribution in [2.75, 3.05) is 34.4 Å². The molecule has 3 aromatic carbocycles. The molecule has 5 aromatic rings. The van der Waals surface area contributed by atoms with E-state index in [4.69, 9.17) is 28.9 Å². The Bertz CT molecular complexity index is 2460. The van der Waals surface area contributed by atoms with Crippen molar-refractivity contribution < 1.29 is 38.1 Å². The molecule has 2 fully saturated rings. The molecule has 2 saturated heterocycles. The predicted octanol–water partition coefficient (Wildman–Crippen LogP) is 6.38. The maximum Gasteiger partial charge on any atom is 0.407 e. The summed E-state index contributed by atoms with van der Waals surface area (Å²) in [5.74, 6) is 2.21. The number of imidazole rings is 2. The first-order valence-corrected chi connectivity index (χ1v) is 20.5. The van der Waals surface area contributed by atoms with E-state index in [0.717, 1.165) is 61.9 Å². The third-order valence-corrected chi connectivity index (χ3v) is 12.2. The summed E-state index contributed by atoms with van der Waals surface area (Å²) in [7, 11) is 4.05. The number of rotatable bonds is 10. The van der Waals surface area contributed by atoms with Gasteiger partial charge in [0.25, 0.3) is 0 Å². The number of benzene rings is 3. The highest BCUT2D eigenvalue weighted by Crippen LogP contribution is 2.44. The summed E-state index contributed by atoms with van der Waals surface area (Å²) in [4.78, 5) is 72.1. The number of aromatic amines is 2. The molecule has 2 unspecified atom stereocenters. The van der Waals surface area contributed by atoms with E-state index in [2.05, 4.69) is 64.8 Å². The van der Waals surface area contributed by atoms with Crippen LogP contribution in [-0.2, 0) is 30.4 Å².